The van der Waals surface area contributed by atoms with Crippen molar-refractivity contribution in [1.29, 1.82) is 0 Å². The van der Waals surface area contributed by atoms with E-state index in [0.717, 1.165) is 77.1 Å². The van der Waals surface area contributed by atoms with E-state index >= 15 is 0 Å². The van der Waals surface area contributed by atoms with Crippen LogP contribution in [0.1, 0.15) is 37.7 Å². The Morgan fingerprint density at radius 3 is 2.72 bits per heavy atom. The SMILES string of the molecule is Nc1ncc(CN2CC[C@@]3(CCCN(C4CCOCC4)C3=O)C2)cn1. The first-order valence-corrected chi connectivity index (χ1v) is 9.34. The van der Waals surface area contributed by atoms with Crippen LogP contribution < -0.4 is 5.73 Å². The van der Waals surface area contributed by atoms with Crippen molar-refractivity contribution in [2.45, 2.75) is 44.7 Å². The molecule has 1 aromatic rings. The van der Waals surface area contributed by atoms with Gasteiger partial charge in [-0.25, -0.2) is 9.97 Å². The number of hydrogen-bond acceptors (Lipinski definition) is 6. The average molecular weight is 345 g/mol. The lowest BCUT2D eigenvalue weighted by Crippen LogP contribution is -2.54. The van der Waals surface area contributed by atoms with Crippen LogP contribution in [0.2, 0.25) is 0 Å². The van der Waals surface area contributed by atoms with Gasteiger partial charge in [0.05, 0.1) is 5.41 Å². The van der Waals surface area contributed by atoms with Gasteiger partial charge in [-0.2, -0.15) is 0 Å². The number of likely N-dealkylation sites (tertiary alicyclic amines) is 2. The number of piperidine rings is 1. The average Bonchev–Trinajstić information content (AvgIpc) is 3.04. The Labute approximate surface area is 148 Å². The molecule has 2 N–H and O–H groups in total. The van der Waals surface area contributed by atoms with Crippen LogP contribution in [0.5, 0.6) is 0 Å². The molecule has 3 aliphatic heterocycles. The second-order valence-electron chi connectivity index (χ2n) is 7.64. The van der Waals surface area contributed by atoms with E-state index in [9.17, 15) is 4.79 Å². The summed E-state index contributed by atoms with van der Waals surface area (Å²) >= 11 is 0. The minimum absolute atomic E-state index is 0.189. The summed E-state index contributed by atoms with van der Waals surface area (Å²) in [4.78, 5) is 26.0. The summed E-state index contributed by atoms with van der Waals surface area (Å²) in [5.41, 5.74) is 6.42. The van der Waals surface area contributed by atoms with Crippen molar-refractivity contribution in [3.05, 3.63) is 18.0 Å². The third-order valence-corrected chi connectivity index (χ3v) is 5.96. The number of nitrogen functional groups attached to an aromatic ring is 1. The molecule has 0 bridgehead atoms. The highest BCUT2D eigenvalue weighted by Crippen LogP contribution is 2.41. The van der Waals surface area contributed by atoms with Crippen molar-refractivity contribution >= 4 is 11.9 Å². The first-order chi connectivity index (χ1) is 12.2. The van der Waals surface area contributed by atoms with Crippen LogP contribution in [-0.2, 0) is 16.1 Å². The molecule has 3 aliphatic rings. The molecule has 0 aromatic carbocycles. The molecule has 1 atom stereocenters. The Morgan fingerprint density at radius 2 is 1.96 bits per heavy atom. The van der Waals surface area contributed by atoms with E-state index in [-0.39, 0.29) is 5.41 Å². The molecule has 25 heavy (non-hydrogen) atoms. The van der Waals surface area contributed by atoms with Crippen LogP contribution in [-0.4, -0.2) is 64.6 Å². The van der Waals surface area contributed by atoms with Gasteiger partial charge in [0.15, 0.2) is 0 Å². The summed E-state index contributed by atoms with van der Waals surface area (Å²) < 4.78 is 5.47. The molecule has 0 aliphatic carbocycles. The number of anilines is 1. The molecular formula is C18H27N5O2. The quantitative estimate of drug-likeness (QED) is 0.881. The van der Waals surface area contributed by atoms with E-state index in [1.165, 1.54) is 0 Å². The topological polar surface area (TPSA) is 84.6 Å². The predicted molar refractivity (Wildman–Crippen MR) is 93.6 cm³/mol. The van der Waals surface area contributed by atoms with Gasteiger partial charge in [-0.15, -0.1) is 0 Å². The smallest absolute Gasteiger partial charge is 0.230 e. The van der Waals surface area contributed by atoms with Gasteiger partial charge in [0.1, 0.15) is 0 Å². The predicted octanol–water partition coefficient (Wildman–Crippen LogP) is 1.05. The molecule has 4 heterocycles. The number of carbonyl (C=O) groups is 1. The van der Waals surface area contributed by atoms with Gasteiger partial charge in [0, 0.05) is 56.8 Å². The molecule has 3 saturated heterocycles. The number of amides is 1. The Bertz CT molecular complexity index is 616. The molecule has 1 aromatic heterocycles. The van der Waals surface area contributed by atoms with Gasteiger partial charge in [-0.05, 0) is 38.6 Å². The third kappa shape index (κ3) is 3.35. The summed E-state index contributed by atoms with van der Waals surface area (Å²) in [5.74, 6) is 0.679. The van der Waals surface area contributed by atoms with Crippen LogP contribution >= 0.6 is 0 Å². The fourth-order valence-corrected chi connectivity index (χ4v) is 4.62. The molecule has 7 heteroatoms. The third-order valence-electron chi connectivity index (χ3n) is 5.96. The zero-order valence-electron chi connectivity index (χ0n) is 14.7. The lowest BCUT2D eigenvalue weighted by molar-refractivity contribution is -0.150. The molecule has 0 saturated carbocycles. The van der Waals surface area contributed by atoms with Gasteiger partial charge < -0.3 is 15.4 Å². The number of ether oxygens (including phenoxy) is 1. The standard InChI is InChI=1S/C18H27N5O2/c19-17-20-10-14(11-21-17)12-22-7-5-18(13-22)4-1-6-23(16(18)24)15-2-8-25-9-3-15/h10-11,15H,1-9,12-13H2,(H2,19,20,21)/t18-/m0/s1. The van der Waals surface area contributed by atoms with Crippen LogP contribution in [0.4, 0.5) is 5.95 Å². The molecule has 3 fully saturated rings. The van der Waals surface area contributed by atoms with Crippen molar-refractivity contribution in [2.75, 3.05) is 38.6 Å². The van der Waals surface area contributed by atoms with Crippen molar-refractivity contribution in [2.24, 2.45) is 5.41 Å². The molecule has 136 valence electrons. The molecule has 0 radical (unpaired) electrons. The van der Waals surface area contributed by atoms with E-state index in [2.05, 4.69) is 19.8 Å². The van der Waals surface area contributed by atoms with E-state index in [0.29, 0.717) is 17.9 Å². The lowest BCUT2D eigenvalue weighted by atomic mass is 9.77. The fraction of sp³-hybridized carbons (Fsp3) is 0.722. The van der Waals surface area contributed by atoms with E-state index in [1.54, 1.807) is 12.4 Å². The highest BCUT2D eigenvalue weighted by atomic mass is 16.5. The summed E-state index contributed by atoms with van der Waals surface area (Å²) in [7, 11) is 0. The summed E-state index contributed by atoms with van der Waals surface area (Å²) in [5, 5.41) is 0. The van der Waals surface area contributed by atoms with E-state index in [4.69, 9.17) is 10.5 Å². The van der Waals surface area contributed by atoms with Crippen molar-refractivity contribution in [3.63, 3.8) is 0 Å². The molecule has 1 amide bonds. The lowest BCUT2D eigenvalue weighted by Gasteiger charge is -2.44. The minimum atomic E-state index is -0.189. The van der Waals surface area contributed by atoms with Crippen LogP contribution in [0.15, 0.2) is 12.4 Å². The number of rotatable bonds is 3. The number of nitrogens with two attached hydrogens (primary N) is 1. The summed E-state index contributed by atoms with van der Waals surface area (Å²) in [6, 6.07) is 0.373. The Kier molecular flexibility index (Phi) is 4.60. The summed E-state index contributed by atoms with van der Waals surface area (Å²) in [6.45, 7) is 5.06. The molecule has 0 unspecified atom stereocenters. The number of aromatic nitrogens is 2. The Morgan fingerprint density at radius 1 is 1.20 bits per heavy atom. The zero-order chi connectivity index (χ0) is 17.3. The maximum atomic E-state index is 13.3. The maximum absolute atomic E-state index is 13.3. The van der Waals surface area contributed by atoms with E-state index in [1.807, 2.05) is 0 Å². The largest absolute Gasteiger partial charge is 0.381 e. The second-order valence-corrected chi connectivity index (χ2v) is 7.64. The van der Waals surface area contributed by atoms with E-state index < -0.39 is 0 Å². The molecule has 1 spiro atoms. The summed E-state index contributed by atoms with van der Waals surface area (Å²) in [6.07, 6.45) is 8.61. The van der Waals surface area contributed by atoms with Crippen LogP contribution in [0.25, 0.3) is 0 Å². The van der Waals surface area contributed by atoms with Gasteiger partial charge >= 0.3 is 0 Å². The zero-order valence-corrected chi connectivity index (χ0v) is 14.7. The van der Waals surface area contributed by atoms with Gasteiger partial charge in [-0.3, -0.25) is 9.69 Å². The molecule has 7 nitrogen and oxygen atoms in total. The number of nitrogens with zero attached hydrogens (tertiary/aromatic N) is 4. The fourth-order valence-electron chi connectivity index (χ4n) is 4.62. The van der Waals surface area contributed by atoms with Crippen LogP contribution in [0, 0.1) is 5.41 Å². The monoisotopic (exact) mass is 345 g/mol. The van der Waals surface area contributed by atoms with Gasteiger partial charge in [-0.1, -0.05) is 0 Å². The van der Waals surface area contributed by atoms with Crippen LogP contribution in [0.3, 0.4) is 0 Å². The highest BCUT2D eigenvalue weighted by Gasteiger charge is 2.49. The molecular weight excluding hydrogens is 318 g/mol. The normalized spacial score (nSPS) is 28.8. The number of hydrogen-bond donors (Lipinski definition) is 1. The maximum Gasteiger partial charge on any atom is 0.230 e. The van der Waals surface area contributed by atoms with Crippen molar-refractivity contribution in [3.8, 4) is 0 Å². The Hall–Kier alpha value is -1.73. The Balaban J connectivity index is 1.42. The van der Waals surface area contributed by atoms with Gasteiger partial charge in [0.2, 0.25) is 11.9 Å². The number of carbonyl (C=O) groups excluding carboxylic acids is 1. The highest BCUT2D eigenvalue weighted by molar-refractivity contribution is 5.84. The van der Waals surface area contributed by atoms with Crippen molar-refractivity contribution < 1.29 is 9.53 Å². The first-order valence-electron chi connectivity index (χ1n) is 9.34. The first kappa shape index (κ1) is 16.7. The minimum Gasteiger partial charge on any atom is -0.381 e. The van der Waals surface area contributed by atoms with Crippen molar-refractivity contribution in [1.82, 2.24) is 19.8 Å². The second kappa shape index (κ2) is 6.88. The van der Waals surface area contributed by atoms with Gasteiger partial charge in [0.25, 0.3) is 0 Å². The molecule has 4 rings (SSSR count).